The molecule has 3 nitrogen and oxygen atoms in total. The fourth-order valence-corrected chi connectivity index (χ4v) is 5.89. The Kier molecular flexibility index (Phi) is 5.10. The first-order valence-electron chi connectivity index (χ1n) is 11.8. The number of benzene rings is 1. The Morgan fingerprint density at radius 2 is 1.43 bits per heavy atom. The second kappa shape index (κ2) is 7.53. The van der Waals surface area contributed by atoms with E-state index in [0.717, 1.165) is 22.8 Å². The van der Waals surface area contributed by atoms with Crippen molar-refractivity contribution in [1.29, 1.82) is 0 Å². The molecule has 0 spiro atoms. The average molecular weight is 401 g/mol. The summed E-state index contributed by atoms with van der Waals surface area (Å²) in [5, 5.41) is 0. The number of pyridine rings is 1. The first kappa shape index (κ1) is 20.3. The van der Waals surface area contributed by atoms with Crippen LogP contribution in [-0.2, 0) is 9.31 Å². The third kappa shape index (κ3) is 3.44. The largest absolute Gasteiger partial charge is 0.496 e. The molecule has 0 saturated carbocycles. The molecule has 4 heterocycles. The highest BCUT2D eigenvalue weighted by Crippen LogP contribution is 2.46. The van der Waals surface area contributed by atoms with E-state index >= 15 is 0 Å². The van der Waals surface area contributed by atoms with Gasteiger partial charge in [0.1, 0.15) is 0 Å². The highest BCUT2D eigenvalue weighted by molar-refractivity contribution is 6.77. The van der Waals surface area contributed by atoms with Crippen molar-refractivity contribution in [2.24, 2.45) is 0 Å². The van der Waals surface area contributed by atoms with Crippen LogP contribution >= 0.6 is 0 Å². The lowest BCUT2D eigenvalue weighted by atomic mass is 9.24. The molecular formula is C25H33B2NO2. The van der Waals surface area contributed by atoms with Gasteiger partial charge in [-0.1, -0.05) is 86.0 Å². The standard InChI is InChI=1S/C25H33B2NO2/c1-24(2)25(3,4)30-27(29-24)20-15-16-23(28-17-20)21-13-5-6-14-22(21)26-18-9-7-10-19(26)12-8-11-18/h5-6,13-19H,7-12H2,1-4H3. The van der Waals surface area contributed by atoms with Gasteiger partial charge in [0, 0.05) is 11.7 Å². The zero-order chi connectivity index (χ0) is 20.9. The topological polar surface area (TPSA) is 31.4 Å². The minimum absolute atomic E-state index is 0.332. The molecule has 2 aromatic rings. The molecule has 0 radical (unpaired) electrons. The van der Waals surface area contributed by atoms with Gasteiger partial charge in [-0.25, -0.2) is 0 Å². The van der Waals surface area contributed by atoms with Crippen LogP contribution < -0.4 is 10.9 Å². The SMILES string of the molecule is CC1(C)OB(c2ccc(-c3ccccc3B3C4CCCC3CCC4)nc2)OC1(C)C. The van der Waals surface area contributed by atoms with Crippen LogP contribution in [0.1, 0.15) is 66.2 Å². The van der Waals surface area contributed by atoms with Crippen LogP contribution in [0, 0.1) is 0 Å². The third-order valence-corrected chi connectivity index (χ3v) is 8.22. The van der Waals surface area contributed by atoms with Gasteiger partial charge in [-0.3, -0.25) is 4.98 Å². The summed E-state index contributed by atoms with van der Waals surface area (Å²) in [6, 6.07) is 13.3. The summed E-state index contributed by atoms with van der Waals surface area (Å²) in [7, 11) is -0.357. The lowest BCUT2D eigenvalue weighted by Crippen LogP contribution is -2.45. The quantitative estimate of drug-likeness (QED) is 0.689. The molecule has 3 aliphatic rings. The van der Waals surface area contributed by atoms with Crippen molar-refractivity contribution in [2.45, 2.75) is 89.1 Å². The molecule has 3 fully saturated rings. The van der Waals surface area contributed by atoms with Crippen molar-refractivity contribution < 1.29 is 9.31 Å². The maximum atomic E-state index is 6.20. The zero-order valence-corrected chi connectivity index (χ0v) is 18.9. The molecule has 3 aliphatic heterocycles. The lowest BCUT2D eigenvalue weighted by Gasteiger charge is -2.41. The number of hydrogen-bond donors (Lipinski definition) is 0. The highest BCUT2D eigenvalue weighted by atomic mass is 16.7. The summed E-state index contributed by atoms with van der Waals surface area (Å²) in [4.78, 5) is 4.88. The maximum Gasteiger partial charge on any atom is 0.496 e. The second-order valence-electron chi connectivity index (χ2n) is 10.6. The molecule has 0 N–H and O–H groups in total. The van der Waals surface area contributed by atoms with E-state index in [0.29, 0.717) is 6.71 Å². The van der Waals surface area contributed by atoms with Crippen LogP contribution in [0.2, 0.25) is 11.6 Å². The molecule has 30 heavy (non-hydrogen) atoms. The molecule has 1 aromatic heterocycles. The maximum absolute atomic E-state index is 6.20. The van der Waals surface area contributed by atoms with E-state index in [1.807, 2.05) is 6.20 Å². The summed E-state index contributed by atoms with van der Waals surface area (Å²) in [5.41, 5.74) is 4.21. The predicted molar refractivity (Wildman–Crippen MR) is 126 cm³/mol. The Bertz CT molecular complexity index is 874. The van der Waals surface area contributed by atoms with E-state index in [1.165, 1.54) is 49.6 Å². The summed E-state index contributed by atoms with van der Waals surface area (Å²) in [6.07, 6.45) is 10.3. The first-order valence-corrected chi connectivity index (χ1v) is 11.8. The van der Waals surface area contributed by atoms with Gasteiger partial charge < -0.3 is 9.31 Å². The minimum atomic E-state index is -0.357. The fraction of sp³-hybridized carbons (Fsp3) is 0.560. The van der Waals surface area contributed by atoms with Crippen molar-refractivity contribution in [3.8, 4) is 11.3 Å². The van der Waals surface area contributed by atoms with Crippen LogP contribution in [0.15, 0.2) is 42.6 Å². The van der Waals surface area contributed by atoms with Crippen LogP contribution in [0.3, 0.4) is 0 Å². The van der Waals surface area contributed by atoms with Gasteiger partial charge in [0.2, 0.25) is 0 Å². The van der Waals surface area contributed by atoms with E-state index < -0.39 is 0 Å². The predicted octanol–water partition coefficient (Wildman–Crippen LogP) is 4.86. The van der Waals surface area contributed by atoms with E-state index in [4.69, 9.17) is 14.3 Å². The van der Waals surface area contributed by atoms with Crippen LogP contribution in [0.25, 0.3) is 11.3 Å². The molecule has 0 aliphatic carbocycles. The Morgan fingerprint density at radius 1 is 0.833 bits per heavy atom. The Hall–Kier alpha value is -1.58. The van der Waals surface area contributed by atoms with Crippen LogP contribution in [0.4, 0.5) is 0 Å². The number of aromatic nitrogens is 1. The second-order valence-corrected chi connectivity index (χ2v) is 10.6. The van der Waals surface area contributed by atoms with Gasteiger partial charge in [-0.2, -0.15) is 0 Å². The van der Waals surface area contributed by atoms with Gasteiger partial charge in [-0.05, 0) is 39.3 Å². The van der Waals surface area contributed by atoms with E-state index in [9.17, 15) is 0 Å². The van der Waals surface area contributed by atoms with Crippen molar-refractivity contribution in [2.75, 3.05) is 0 Å². The van der Waals surface area contributed by atoms with Crippen molar-refractivity contribution >= 4 is 24.8 Å². The number of hydrogen-bond acceptors (Lipinski definition) is 3. The van der Waals surface area contributed by atoms with E-state index in [2.05, 4.69) is 64.1 Å². The summed E-state index contributed by atoms with van der Waals surface area (Å²) >= 11 is 0. The van der Waals surface area contributed by atoms with Crippen molar-refractivity contribution in [1.82, 2.24) is 4.98 Å². The smallest absolute Gasteiger partial charge is 0.399 e. The number of fused-ring (bicyclic) bond motifs is 2. The monoisotopic (exact) mass is 401 g/mol. The molecule has 1 aromatic carbocycles. The first-order chi connectivity index (χ1) is 14.4. The molecule has 3 saturated heterocycles. The molecule has 0 unspecified atom stereocenters. The van der Waals surface area contributed by atoms with Crippen LogP contribution in [0.5, 0.6) is 0 Å². The highest BCUT2D eigenvalue weighted by Gasteiger charge is 2.51. The average Bonchev–Trinajstić information content (AvgIpc) is 2.95. The van der Waals surface area contributed by atoms with Gasteiger partial charge in [0.25, 0.3) is 0 Å². The number of rotatable bonds is 3. The van der Waals surface area contributed by atoms with Gasteiger partial charge in [0.15, 0.2) is 6.71 Å². The molecular weight excluding hydrogens is 368 g/mol. The zero-order valence-electron chi connectivity index (χ0n) is 18.9. The van der Waals surface area contributed by atoms with Gasteiger partial charge in [0.05, 0.1) is 16.9 Å². The normalized spacial score (nSPS) is 27.3. The van der Waals surface area contributed by atoms with Crippen molar-refractivity contribution in [3.63, 3.8) is 0 Å². The van der Waals surface area contributed by atoms with E-state index in [1.54, 1.807) is 0 Å². The molecule has 5 heteroatoms. The van der Waals surface area contributed by atoms with Crippen molar-refractivity contribution in [3.05, 3.63) is 42.6 Å². The molecule has 156 valence electrons. The minimum Gasteiger partial charge on any atom is -0.399 e. The Balaban J connectivity index is 1.44. The van der Waals surface area contributed by atoms with Gasteiger partial charge in [-0.15, -0.1) is 0 Å². The lowest BCUT2D eigenvalue weighted by molar-refractivity contribution is 0.00578. The summed E-state index contributed by atoms with van der Waals surface area (Å²) in [5.74, 6) is 1.70. The van der Waals surface area contributed by atoms with E-state index in [-0.39, 0.29) is 18.3 Å². The summed E-state index contributed by atoms with van der Waals surface area (Å²) in [6.45, 7) is 9.06. The van der Waals surface area contributed by atoms with Crippen LogP contribution in [-0.4, -0.2) is 30.0 Å². The third-order valence-electron chi connectivity index (χ3n) is 8.22. The Morgan fingerprint density at radius 3 is 2.00 bits per heavy atom. The number of nitrogens with zero attached hydrogens (tertiary/aromatic N) is 1. The Labute approximate surface area is 182 Å². The molecule has 2 bridgehead atoms. The fourth-order valence-electron chi connectivity index (χ4n) is 5.89. The molecule has 0 amide bonds. The molecule has 0 atom stereocenters. The molecule has 5 rings (SSSR count). The summed E-state index contributed by atoms with van der Waals surface area (Å²) < 4.78 is 12.4. The van der Waals surface area contributed by atoms with Gasteiger partial charge >= 0.3 is 7.12 Å².